The lowest BCUT2D eigenvalue weighted by Gasteiger charge is -2.06. The van der Waals surface area contributed by atoms with Gasteiger partial charge in [-0.1, -0.05) is 11.6 Å². The molecule has 1 rings (SSSR count). The van der Waals surface area contributed by atoms with Gasteiger partial charge in [0.2, 0.25) is 0 Å². The summed E-state index contributed by atoms with van der Waals surface area (Å²) in [5.41, 5.74) is 0.312. The van der Waals surface area contributed by atoms with Gasteiger partial charge in [0, 0.05) is 11.8 Å². The number of nitrogens with zero attached hydrogens (tertiary/aromatic N) is 1. The van der Waals surface area contributed by atoms with Gasteiger partial charge in [0.05, 0.1) is 5.02 Å². The maximum Gasteiger partial charge on any atom is 0.265 e. The Bertz CT molecular complexity index is 304. The van der Waals surface area contributed by atoms with E-state index < -0.39 is 6.43 Å². The number of hydrogen-bond acceptors (Lipinski definition) is 1. The zero-order valence-corrected chi connectivity index (χ0v) is 9.03. The molecule has 5 heteroatoms. The van der Waals surface area contributed by atoms with E-state index in [0.717, 1.165) is 6.20 Å². The van der Waals surface area contributed by atoms with Gasteiger partial charge in [-0.25, -0.2) is 13.8 Å². The van der Waals surface area contributed by atoms with Gasteiger partial charge in [-0.05, 0) is 35.1 Å². The molecule has 0 atom stereocenters. The first-order chi connectivity index (χ1) is 5.54. The highest BCUT2D eigenvalue weighted by Gasteiger charge is 2.14. The molecule has 1 aromatic heterocycles. The zero-order valence-electron chi connectivity index (χ0n) is 6.11. The Hall–Kier alpha value is 0.0300. The molecule has 0 fully saturated rings. The Kier molecular flexibility index (Phi) is 3.22. The number of halogens is 4. The Morgan fingerprint density at radius 2 is 2.17 bits per heavy atom. The first-order valence-electron chi connectivity index (χ1n) is 3.12. The summed E-state index contributed by atoms with van der Waals surface area (Å²) < 4.78 is 25.0. The summed E-state index contributed by atoms with van der Waals surface area (Å²) in [6.07, 6.45) is -1.35. The second-order valence-electron chi connectivity index (χ2n) is 2.24. The van der Waals surface area contributed by atoms with Crippen LogP contribution in [0.3, 0.4) is 0 Å². The van der Waals surface area contributed by atoms with E-state index in [1.807, 2.05) is 22.6 Å². The highest BCUT2D eigenvalue weighted by Crippen LogP contribution is 2.29. The van der Waals surface area contributed by atoms with Crippen molar-refractivity contribution >= 4 is 34.2 Å². The minimum Gasteiger partial charge on any atom is -0.248 e. The fraction of sp³-hybridized carbons (Fsp3) is 0.286. The molecule has 0 aliphatic carbocycles. The van der Waals surface area contributed by atoms with Crippen LogP contribution in [0.5, 0.6) is 0 Å². The van der Waals surface area contributed by atoms with E-state index >= 15 is 0 Å². The van der Waals surface area contributed by atoms with Crippen molar-refractivity contribution in [2.24, 2.45) is 0 Å². The van der Waals surface area contributed by atoms with E-state index in [2.05, 4.69) is 4.98 Å². The number of pyridine rings is 1. The van der Waals surface area contributed by atoms with Gasteiger partial charge < -0.3 is 0 Å². The van der Waals surface area contributed by atoms with Crippen molar-refractivity contribution < 1.29 is 8.78 Å². The van der Waals surface area contributed by atoms with Crippen LogP contribution in [-0.2, 0) is 0 Å². The molecule has 0 aliphatic heterocycles. The second kappa shape index (κ2) is 3.83. The Labute approximate surface area is 87.3 Å². The first-order valence-corrected chi connectivity index (χ1v) is 4.58. The Morgan fingerprint density at radius 3 is 2.67 bits per heavy atom. The lowest BCUT2D eigenvalue weighted by molar-refractivity contribution is 0.150. The van der Waals surface area contributed by atoms with Crippen LogP contribution in [0.1, 0.15) is 17.6 Å². The number of hydrogen-bond donors (Lipinski definition) is 0. The lowest BCUT2D eigenvalue weighted by Crippen LogP contribution is -1.95. The summed E-state index contributed by atoms with van der Waals surface area (Å²) >= 11 is 7.63. The molecule has 0 bridgehead atoms. The predicted molar refractivity (Wildman–Crippen MR) is 51.7 cm³/mol. The maximum absolute atomic E-state index is 12.2. The molecule has 0 spiro atoms. The van der Waals surface area contributed by atoms with Crippen LogP contribution in [0, 0.1) is 10.6 Å². The summed E-state index contributed by atoms with van der Waals surface area (Å²) in [5.74, 6) is 0. The smallest absolute Gasteiger partial charge is 0.248 e. The van der Waals surface area contributed by atoms with Crippen LogP contribution in [0.15, 0.2) is 6.20 Å². The number of alkyl halides is 2. The average molecular weight is 303 g/mol. The maximum atomic E-state index is 12.2. The first kappa shape index (κ1) is 10.1. The Balaban J connectivity index is 3.27. The average Bonchev–Trinajstić information content (AvgIpc) is 2.00. The summed E-state index contributed by atoms with van der Waals surface area (Å²) in [6.45, 7) is 1.56. The van der Waals surface area contributed by atoms with Gasteiger partial charge in [-0.2, -0.15) is 0 Å². The molecule has 12 heavy (non-hydrogen) atoms. The fourth-order valence-corrected chi connectivity index (χ4v) is 1.48. The molecule has 0 unspecified atom stereocenters. The molecular formula is C7H5ClF2IN. The van der Waals surface area contributed by atoms with Gasteiger partial charge in [-0.15, -0.1) is 0 Å². The normalized spacial score (nSPS) is 10.8. The monoisotopic (exact) mass is 303 g/mol. The molecule has 0 N–H and O–H groups in total. The van der Waals surface area contributed by atoms with Crippen LogP contribution in [0.2, 0.25) is 5.02 Å². The molecule has 1 nitrogen and oxygen atoms in total. The van der Waals surface area contributed by atoms with Crippen molar-refractivity contribution in [2.45, 2.75) is 13.3 Å². The van der Waals surface area contributed by atoms with Gasteiger partial charge in [0.15, 0.2) is 0 Å². The van der Waals surface area contributed by atoms with E-state index in [-0.39, 0.29) is 5.56 Å². The highest BCUT2D eigenvalue weighted by atomic mass is 127. The molecule has 0 radical (unpaired) electrons. The molecule has 0 aromatic carbocycles. The van der Waals surface area contributed by atoms with Crippen LogP contribution in [0.25, 0.3) is 0 Å². The molecule has 0 saturated heterocycles. The predicted octanol–water partition coefficient (Wildman–Crippen LogP) is 3.59. The van der Waals surface area contributed by atoms with E-state index in [1.54, 1.807) is 6.92 Å². The summed E-state index contributed by atoms with van der Waals surface area (Å²) in [6, 6.07) is 0. The third kappa shape index (κ3) is 1.85. The second-order valence-corrected chi connectivity index (χ2v) is 3.64. The van der Waals surface area contributed by atoms with Crippen molar-refractivity contribution in [3.8, 4) is 0 Å². The van der Waals surface area contributed by atoms with E-state index in [1.165, 1.54) is 0 Å². The standard InChI is InChI=1S/C7H5ClF2IN/c1-3-4(6(9)10)2-12-7(11)5(3)8/h2,6H,1H3. The third-order valence-electron chi connectivity index (χ3n) is 1.50. The van der Waals surface area contributed by atoms with E-state index in [0.29, 0.717) is 14.3 Å². The van der Waals surface area contributed by atoms with Crippen molar-refractivity contribution in [1.29, 1.82) is 0 Å². The molecular weight excluding hydrogens is 298 g/mol. The van der Waals surface area contributed by atoms with Crippen LogP contribution >= 0.6 is 34.2 Å². The molecule has 1 heterocycles. The van der Waals surface area contributed by atoms with Crippen molar-refractivity contribution in [3.63, 3.8) is 0 Å². The molecule has 0 saturated carbocycles. The molecule has 66 valence electrons. The summed E-state index contributed by atoms with van der Waals surface area (Å²) in [7, 11) is 0. The quantitative estimate of drug-likeness (QED) is 0.571. The van der Waals surface area contributed by atoms with E-state index in [4.69, 9.17) is 11.6 Å². The lowest BCUT2D eigenvalue weighted by atomic mass is 10.2. The molecule has 1 aromatic rings. The SMILES string of the molecule is Cc1c(C(F)F)cnc(I)c1Cl. The summed E-state index contributed by atoms with van der Waals surface area (Å²) in [5, 5.41) is 0.313. The number of rotatable bonds is 1. The van der Waals surface area contributed by atoms with Crippen molar-refractivity contribution in [1.82, 2.24) is 4.98 Å². The summed E-state index contributed by atoms with van der Waals surface area (Å²) in [4.78, 5) is 3.74. The van der Waals surface area contributed by atoms with Gasteiger partial charge >= 0.3 is 0 Å². The van der Waals surface area contributed by atoms with E-state index in [9.17, 15) is 8.78 Å². The van der Waals surface area contributed by atoms with Gasteiger partial charge in [0.1, 0.15) is 3.70 Å². The largest absolute Gasteiger partial charge is 0.265 e. The van der Waals surface area contributed by atoms with Crippen molar-refractivity contribution in [2.75, 3.05) is 0 Å². The van der Waals surface area contributed by atoms with Crippen molar-refractivity contribution in [3.05, 3.63) is 26.0 Å². The molecule has 0 aliphatic rings. The van der Waals surface area contributed by atoms with Crippen LogP contribution in [0.4, 0.5) is 8.78 Å². The van der Waals surface area contributed by atoms with Crippen LogP contribution < -0.4 is 0 Å². The highest BCUT2D eigenvalue weighted by molar-refractivity contribution is 14.1. The zero-order chi connectivity index (χ0) is 9.30. The molecule has 0 amide bonds. The van der Waals surface area contributed by atoms with Crippen LogP contribution in [-0.4, -0.2) is 4.98 Å². The van der Waals surface area contributed by atoms with Gasteiger partial charge in [-0.3, -0.25) is 0 Å². The minimum atomic E-state index is -2.51. The number of aromatic nitrogens is 1. The third-order valence-corrected chi connectivity index (χ3v) is 3.09. The topological polar surface area (TPSA) is 12.9 Å². The fourth-order valence-electron chi connectivity index (χ4n) is 0.781. The van der Waals surface area contributed by atoms with Gasteiger partial charge in [0.25, 0.3) is 6.43 Å². The Morgan fingerprint density at radius 1 is 1.58 bits per heavy atom. The minimum absolute atomic E-state index is 0.0968.